The molecule has 0 fully saturated rings. The summed E-state index contributed by atoms with van der Waals surface area (Å²) < 4.78 is 6.49. The van der Waals surface area contributed by atoms with Gasteiger partial charge in [0.15, 0.2) is 0 Å². The summed E-state index contributed by atoms with van der Waals surface area (Å²) in [5.41, 5.74) is 1.41. The minimum atomic E-state index is -1.78. The predicted molar refractivity (Wildman–Crippen MR) is 105 cm³/mol. The Bertz CT molecular complexity index is 491. The molecule has 1 aromatic carbocycles. The molecule has 0 saturated heterocycles. The minimum absolute atomic E-state index is 0.228. The lowest BCUT2D eigenvalue weighted by Gasteiger charge is -2.36. The summed E-state index contributed by atoms with van der Waals surface area (Å²) >= 11 is 0. The van der Waals surface area contributed by atoms with Gasteiger partial charge in [0.2, 0.25) is 8.32 Å². The van der Waals surface area contributed by atoms with E-state index in [1.165, 1.54) is 12.0 Å². The number of hydrogen-bond donors (Lipinski definition) is 0. The zero-order valence-corrected chi connectivity index (χ0v) is 17.7. The molecule has 0 aliphatic heterocycles. The third-order valence-corrected chi connectivity index (χ3v) is 9.60. The van der Waals surface area contributed by atoms with Crippen LogP contribution in [0, 0.1) is 5.92 Å². The van der Waals surface area contributed by atoms with Gasteiger partial charge in [0.05, 0.1) is 0 Å². The molecular weight excluding hydrogens is 298 g/mol. The molecule has 0 saturated carbocycles. The molecule has 2 atom stereocenters. The first-order chi connectivity index (χ1) is 10.5. The van der Waals surface area contributed by atoms with Gasteiger partial charge in [-0.25, -0.2) is 0 Å². The fourth-order valence-electron chi connectivity index (χ4n) is 2.93. The Hall–Kier alpha value is -0.803. The van der Waals surface area contributed by atoms with Crippen molar-refractivity contribution >= 4 is 8.32 Å². The molecule has 0 aliphatic carbocycles. The smallest absolute Gasteiger partial charge is 0.250 e. The average molecular weight is 336 g/mol. The summed E-state index contributed by atoms with van der Waals surface area (Å²) in [6, 6.07) is 8.82. The summed E-state index contributed by atoms with van der Waals surface area (Å²) in [6.45, 7) is 17.3. The van der Waals surface area contributed by atoms with Crippen molar-refractivity contribution in [1.82, 2.24) is 4.90 Å². The van der Waals surface area contributed by atoms with E-state index >= 15 is 0 Å². The van der Waals surface area contributed by atoms with Crippen molar-refractivity contribution < 1.29 is 4.43 Å². The first-order valence-corrected chi connectivity index (χ1v) is 11.8. The normalized spacial score (nSPS) is 15.6. The van der Waals surface area contributed by atoms with Crippen LogP contribution in [-0.2, 0) is 0 Å². The van der Waals surface area contributed by atoms with E-state index in [4.69, 9.17) is 4.43 Å². The van der Waals surface area contributed by atoms with Crippen LogP contribution >= 0.6 is 0 Å². The van der Waals surface area contributed by atoms with E-state index in [-0.39, 0.29) is 5.04 Å². The van der Waals surface area contributed by atoms with Gasteiger partial charge in [0.1, 0.15) is 5.75 Å². The number of hydrogen-bond acceptors (Lipinski definition) is 2. The van der Waals surface area contributed by atoms with E-state index in [9.17, 15) is 0 Å². The Morgan fingerprint density at radius 3 is 2.26 bits per heavy atom. The molecule has 0 amide bonds. The van der Waals surface area contributed by atoms with E-state index in [1.54, 1.807) is 0 Å². The number of nitrogens with zero attached hydrogens (tertiary/aromatic N) is 1. The van der Waals surface area contributed by atoms with Gasteiger partial charge in [-0.2, -0.15) is 0 Å². The van der Waals surface area contributed by atoms with Crippen molar-refractivity contribution in [3.63, 3.8) is 0 Å². The van der Waals surface area contributed by atoms with Crippen molar-refractivity contribution in [2.24, 2.45) is 5.92 Å². The van der Waals surface area contributed by atoms with Crippen LogP contribution in [0.1, 0.15) is 52.5 Å². The van der Waals surface area contributed by atoms with Gasteiger partial charge in [0, 0.05) is 6.54 Å². The molecule has 1 rings (SSSR count). The molecule has 0 spiro atoms. The van der Waals surface area contributed by atoms with Crippen molar-refractivity contribution in [1.29, 1.82) is 0 Å². The van der Waals surface area contributed by atoms with Crippen LogP contribution in [0.4, 0.5) is 0 Å². The second kappa shape index (κ2) is 7.85. The van der Waals surface area contributed by atoms with Crippen molar-refractivity contribution in [2.75, 3.05) is 20.6 Å². The molecule has 2 unspecified atom stereocenters. The summed E-state index contributed by atoms with van der Waals surface area (Å²) in [6.07, 6.45) is 1.17. The van der Waals surface area contributed by atoms with Crippen LogP contribution in [-0.4, -0.2) is 33.9 Å². The van der Waals surface area contributed by atoms with Crippen LogP contribution in [0.3, 0.4) is 0 Å². The minimum Gasteiger partial charge on any atom is -0.543 e. The first-order valence-electron chi connectivity index (χ1n) is 8.91. The largest absolute Gasteiger partial charge is 0.543 e. The Morgan fingerprint density at radius 1 is 1.17 bits per heavy atom. The fourth-order valence-corrected chi connectivity index (χ4v) is 3.95. The summed E-state index contributed by atoms with van der Waals surface area (Å²) in [5.74, 6) is 2.27. The molecule has 3 heteroatoms. The lowest BCUT2D eigenvalue weighted by atomic mass is 9.85. The summed E-state index contributed by atoms with van der Waals surface area (Å²) in [4.78, 5) is 2.28. The molecule has 1 aromatic rings. The highest BCUT2D eigenvalue weighted by Gasteiger charge is 2.39. The molecule has 132 valence electrons. The zero-order valence-electron chi connectivity index (χ0n) is 16.7. The van der Waals surface area contributed by atoms with Crippen LogP contribution in [0.25, 0.3) is 0 Å². The third kappa shape index (κ3) is 5.65. The summed E-state index contributed by atoms with van der Waals surface area (Å²) in [7, 11) is 2.53. The third-order valence-electron chi connectivity index (χ3n) is 5.25. The van der Waals surface area contributed by atoms with Gasteiger partial charge in [0.25, 0.3) is 0 Å². The lowest BCUT2D eigenvalue weighted by molar-refractivity contribution is 0.301. The van der Waals surface area contributed by atoms with Gasteiger partial charge in [-0.15, -0.1) is 0 Å². The van der Waals surface area contributed by atoms with Crippen LogP contribution < -0.4 is 4.43 Å². The second-order valence-electron chi connectivity index (χ2n) is 8.69. The predicted octanol–water partition coefficient (Wildman–Crippen LogP) is 5.76. The van der Waals surface area contributed by atoms with Crippen molar-refractivity contribution in [3.05, 3.63) is 29.8 Å². The highest BCUT2D eigenvalue weighted by Crippen LogP contribution is 2.38. The zero-order chi connectivity index (χ0) is 17.8. The van der Waals surface area contributed by atoms with Crippen molar-refractivity contribution in [3.8, 4) is 5.75 Å². The highest BCUT2D eigenvalue weighted by molar-refractivity contribution is 6.74. The quantitative estimate of drug-likeness (QED) is 0.587. The SMILES string of the molecule is CCC(c1cccc(O[Si](C)(C)C(C)(C)C)c1)C(C)CN(C)C. The molecule has 0 aromatic heterocycles. The van der Waals surface area contributed by atoms with Crippen LogP contribution in [0.5, 0.6) is 5.75 Å². The molecule has 2 nitrogen and oxygen atoms in total. The second-order valence-corrected chi connectivity index (χ2v) is 13.4. The monoisotopic (exact) mass is 335 g/mol. The Balaban J connectivity index is 2.99. The van der Waals surface area contributed by atoms with E-state index in [2.05, 4.69) is 91.0 Å². The van der Waals surface area contributed by atoms with E-state index < -0.39 is 8.32 Å². The van der Waals surface area contributed by atoms with Gasteiger partial charge >= 0.3 is 0 Å². The summed E-state index contributed by atoms with van der Waals surface area (Å²) in [5, 5.41) is 0.228. The molecule has 0 aliphatic rings. The lowest BCUT2D eigenvalue weighted by Crippen LogP contribution is -2.43. The fraction of sp³-hybridized carbons (Fsp3) is 0.700. The van der Waals surface area contributed by atoms with E-state index in [0.29, 0.717) is 11.8 Å². The maximum Gasteiger partial charge on any atom is 0.250 e. The van der Waals surface area contributed by atoms with Crippen molar-refractivity contribution in [2.45, 2.75) is 65.1 Å². The van der Waals surface area contributed by atoms with Gasteiger partial charge in [-0.1, -0.05) is 46.8 Å². The maximum absolute atomic E-state index is 6.49. The molecule has 23 heavy (non-hydrogen) atoms. The molecule has 0 N–H and O–H groups in total. The topological polar surface area (TPSA) is 12.5 Å². The van der Waals surface area contributed by atoms with Gasteiger partial charge in [-0.3, -0.25) is 0 Å². The Labute approximate surface area is 145 Å². The van der Waals surface area contributed by atoms with Crippen LogP contribution in [0.2, 0.25) is 18.1 Å². The van der Waals surface area contributed by atoms with E-state index in [1.807, 2.05) is 0 Å². The first kappa shape index (κ1) is 20.2. The Morgan fingerprint density at radius 2 is 1.78 bits per heavy atom. The standard InChI is InChI=1S/C20H37NOSi/c1-10-19(16(2)15-21(6)7)17-12-11-13-18(14-17)22-23(8,9)20(3,4)5/h11-14,16,19H,10,15H2,1-9H3. The van der Waals surface area contributed by atoms with E-state index in [0.717, 1.165) is 12.3 Å². The van der Waals surface area contributed by atoms with Gasteiger partial charge < -0.3 is 9.33 Å². The number of benzene rings is 1. The maximum atomic E-state index is 6.49. The number of rotatable bonds is 7. The van der Waals surface area contributed by atoms with Crippen LogP contribution in [0.15, 0.2) is 24.3 Å². The van der Waals surface area contributed by atoms with Gasteiger partial charge in [-0.05, 0) is 68.2 Å². The molecule has 0 heterocycles. The highest BCUT2D eigenvalue weighted by atomic mass is 28.4. The average Bonchev–Trinajstić information content (AvgIpc) is 2.37. The molecular formula is C20H37NOSi. The molecule has 0 radical (unpaired) electrons. The Kier molecular flexibility index (Phi) is 6.91. The molecule has 0 bridgehead atoms.